The third kappa shape index (κ3) is 3.36. The first kappa shape index (κ1) is 18.9. The Hall–Kier alpha value is -3.14. The molecule has 0 spiro atoms. The zero-order chi connectivity index (χ0) is 20.7. The average molecular weight is 428 g/mol. The molecule has 2 aliphatic heterocycles. The molecule has 0 radical (unpaired) electrons. The number of hydrogen-bond donors (Lipinski definition) is 2. The molecule has 0 bridgehead atoms. The number of pyridine rings is 1. The zero-order valence-electron chi connectivity index (χ0n) is 16.4. The number of carbonyl (C=O) groups excluding carboxylic acids is 1. The predicted molar refractivity (Wildman–Crippen MR) is 115 cm³/mol. The summed E-state index contributed by atoms with van der Waals surface area (Å²) in [6.45, 7) is 4.47. The summed E-state index contributed by atoms with van der Waals surface area (Å²) < 4.78 is 0. The maximum Gasteiger partial charge on any atom is 0.255 e. The second-order valence-electron chi connectivity index (χ2n) is 7.51. The van der Waals surface area contributed by atoms with Gasteiger partial charge < -0.3 is 25.4 Å². The van der Waals surface area contributed by atoms with Crippen LogP contribution in [0.4, 0.5) is 17.6 Å². The fourth-order valence-corrected chi connectivity index (χ4v) is 4.36. The van der Waals surface area contributed by atoms with Gasteiger partial charge in [0.25, 0.3) is 5.91 Å². The Balaban J connectivity index is 1.30. The van der Waals surface area contributed by atoms with Gasteiger partial charge in [0.15, 0.2) is 11.5 Å². The van der Waals surface area contributed by atoms with Gasteiger partial charge >= 0.3 is 0 Å². The van der Waals surface area contributed by atoms with Crippen LogP contribution in [0.3, 0.4) is 0 Å². The van der Waals surface area contributed by atoms with Crippen LogP contribution in [0.5, 0.6) is 0 Å². The lowest BCUT2D eigenvalue weighted by Crippen LogP contribution is -2.47. The monoisotopic (exact) mass is 427 g/mol. The van der Waals surface area contributed by atoms with E-state index in [4.69, 9.17) is 17.3 Å². The van der Waals surface area contributed by atoms with Crippen molar-refractivity contribution in [3.63, 3.8) is 0 Å². The summed E-state index contributed by atoms with van der Waals surface area (Å²) in [6, 6.07) is 1.73. The van der Waals surface area contributed by atoms with Crippen molar-refractivity contribution in [1.82, 2.24) is 29.8 Å². The fourth-order valence-electron chi connectivity index (χ4n) is 4.08. The van der Waals surface area contributed by atoms with Crippen LogP contribution in [-0.4, -0.2) is 75.0 Å². The van der Waals surface area contributed by atoms with Gasteiger partial charge in [-0.25, -0.2) is 9.97 Å². The number of nitrogens with two attached hydrogens (primary N) is 1. The van der Waals surface area contributed by atoms with Crippen molar-refractivity contribution in [3.8, 4) is 0 Å². The summed E-state index contributed by atoms with van der Waals surface area (Å²) in [5, 5.41) is 0.496. The minimum atomic E-state index is 0.00296. The number of anilines is 3. The van der Waals surface area contributed by atoms with Gasteiger partial charge in [-0.3, -0.25) is 4.79 Å². The van der Waals surface area contributed by atoms with Crippen LogP contribution in [0.2, 0.25) is 5.02 Å². The minimum Gasteiger partial charge on any atom is -0.368 e. The van der Waals surface area contributed by atoms with Gasteiger partial charge in [0.2, 0.25) is 5.95 Å². The van der Waals surface area contributed by atoms with E-state index in [9.17, 15) is 4.79 Å². The standard InChI is InChI=1S/C19H22ClN9O/c20-13-9-12(18(30)29-3-1-2-4-29)10-22-16(13)27-5-7-28(8-6-27)17-14-15(24-11-23-14)25-19(21)26-17/h9-11H,1-8H2,(H3,21,23,24,25,26). The van der Waals surface area contributed by atoms with E-state index in [0.29, 0.717) is 35.1 Å². The highest BCUT2D eigenvalue weighted by molar-refractivity contribution is 6.33. The van der Waals surface area contributed by atoms with Crippen molar-refractivity contribution >= 4 is 46.3 Å². The number of likely N-dealkylation sites (tertiary alicyclic amines) is 1. The normalized spacial score (nSPS) is 17.2. The van der Waals surface area contributed by atoms with E-state index in [1.165, 1.54) is 0 Å². The van der Waals surface area contributed by atoms with Gasteiger partial charge in [-0.05, 0) is 18.9 Å². The Morgan fingerprint density at radius 3 is 2.40 bits per heavy atom. The van der Waals surface area contributed by atoms with Crippen molar-refractivity contribution < 1.29 is 4.79 Å². The van der Waals surface area contributed by atoms with Crippen molar-refractivity contribution in [1.29, 1.82) is 0 Å². The summed E-state index contributed by atoms with van der Waals surface area (Å²) in [6.07, 6.45) is 5.33. The van der Waals surface area contributed by atoms with Gasteiger partial charge in [-0.15, -0.1) is 0 Å². The number of fused-ring (bicyclic) bond motifs is 1. The van der Waals surface area contributed by atoms with E-state index in [0.717, 1.165) is 50.4 Å². The van der Waals surface area contributed by atoms with E-state index in [1.807, 2.05) is 4.90 Å². The molecule has 0 atom stereocenters. The first-order valence-electron chi connectivity index (χ1n) is 10.0. The molecule has 0 unspecified atom stereocenters. The first-order chi connectivity index (χ1) is 14.6. The Bertz CT molecular complexity index is 1090. The van der Waals surface area contributed by atoms with E-state index in [1.54, 1.807) is 18.6 Å². The fraction of sp³-hybridized carbons (Fsp3) is 0.421. The summed E-state index contributed by atoms with van der Waals surface area (Å²) >= 11 is 6.51. The Kier molecular flexibility index (Phi) is 4.78. The number of nitrogens with one attached hydrogen (secondary N) is 1. The number of nitrogens with zero attached hydrogens (tertiary/aromatic N) is 7. The van der Waals surface area contributed by atoms with E-state index < -0.39 is 0 Å². The molecule has 0 aromatic carbocycles. The molecule has 3 N–H and O–H groups in total. The number of amides is 1. The topological polar surface area (TPSA) is 120 Å². The third-order valence-corrected chi connectivity index (χ3v) is 5.90. The largest absolute Gasteiger partial charge is 0.368 e. The molecule has 0 saturated carbocycles. The maximum absolute atomic E-state index is 12.6. The highest BCUT2D eigenvalue weighted by atomic mass is 35.5. The maximum atomic E-state index is 12.6. The van der Waals surface area contributed by atoms with Gasteiger partial charge in [0.05, 0.1) is 16.9 Å². The van der Waals surface area contributed by atoms with Crippen LogP contribution in [0.25, 0.3) is 11.2 Å². The number of aromatic nitrogens is 5. The lowest BCUT2D eigenvalue weighted by Gasteiger charge is -2.36. The number of nitrogen functional groups attached to an aromatic ring is 1. The number of imidazole rings is 1. The first-order valence-corrected chi connectivity index (χ1v) is 10.4. The summed E-state index contributed by atoms with van der Waals surface area (Å²) in [5.41, 5.74) is 7.72. The van der Waals surface area contributed by atoms with Crippen molar-refractivity contribution in [2.45, 2.75) is 12.8 Å². The van der Waals surface area contributed by atoms with Gasteiger partial charge in [0, 0.05) is 45.5 Å². The third-order valence-electron chi connectivity index (χ3n) is 5.62. The summed E-state index contributed by atoms with van der Waals surface area (Å²) in [4.78, 5) is 39.0. The highest BCUT2D eigenvalue weighted by Crippen LogP contribution is 2.28. The predicted octanol–water partition coefficient (Wildman–Crippen LogP) is 1.55. The molecule has 2 fully saturated rings. The lowest BCUT2D eigenvalue weighted by atomic mass is 10.2. The Morgan fingerprint density at radius 2 is 1.70 bits per heavy atom. The van der Waals surface area contributed by atoms with Crippen molar-refractivity contribution in [2.75, 3.05) is 54.8 Å². The molecule has 10 nitrogen and oxygen atoms in total. The number of H-pyrrole nitrogens is 1. The molecule has 2 aliphatic rings. The van der Waals surface area contributed by atoms with Crippen LogP contribution < -0.4 is 15.5 Å². The molecular weight excluding hydrogens is 406 g/mol. The molecule has 156 valence electrons. The molecule has 0 aliphatic carbocycles. The number of carbonyl (C=O) groups is 1. The molecule has 11 heteroatoms. The number of rotatable bonds is 3. The number of halogens is 1. The van der Waals surface area contributed by atoms with Crippen molar-refractivity contribution in [2.24, 2.45) is 0 Å². The Morgan fingerprint density at radius 1 is 1.00 bits per heavy atom. The van der Waals surface area contributed by atoms with Crippen LogP contribution in [0.1, 0.15) is 23.2 Å². The van der Waals surface area contributed by atoms with Crippen LogP contribution >= 0.6 is 11.6 Å². The quantitative estimate of drug-likeness (QED) is 0.645. The average Bonchev–Trinajstić information content (AvgIpc) is 3.45. The number of hydrogen-bond acceptors (Lipinski definition) is 8. The zero-order valence-corrected chi connectivity index (χ0v) is 17.1. The highest BCUT2D eigenvalue weighted by Gasteiger charge is 2.25. The number of piperazine rings is 1. The van der Waals surface area contributed by atoms with Gasteiger partial charge in [0.1, 0.15) is 11.3 Å². The molecule has 5 rings (SSSR count). The SMILES string of the molecule is Nc1nc(N2CCN(c3ncc(C(=O)N4CCCC4)cc3Cl)CC2)c2[nH]cnc2n1. The minimum absolute atomic E-state index is 0.00296. The van der Waals surface area contributed by atoms with Gasteiger partial charge in [-0.1, -0.05) is 11.6 Å². The van der Waals surface area contributed by atoms with E-state index in [-0.39, 0.29) is 11.9 Å². The van der Waals surface area contributed by atoms with E-state index >= 15 is 0 Å². The second-order valence-corrected chi connectivity index (χ2v) is 7.92. The van der Waals surface area contributed by atoms with Gasteiger partial charge in [-0.2, -0.15) is 9.97 Å². The van der Waals surface area contributed by atoms with E-state index in [2.05, 4.69) is 34.7 Å². The molecule has 5 heterocycles. The molecule has 2 saturated heterocycles. The Labute approximate surface area is 178 Å². The van der Waals surface area contributed by atoms with Crippen LogP contribution in [0, 0.1) is 0 Å². The van der Waals surface area contributed by atoms with Crippen LogP contribution in [-0.2, 0) is 0 Å². The van der Waals surface area contributed by atoms with Crippen molar-refractivity contribution in [3.05, 3.63) is 29.2 Å². The molecule has 30 heavy (non-hydrogen) atoms. The second kappa shape index (κ2) is 7.60. The smallest absolute Gasteiger partial charge is 0.255 e. The lowest BCUT2D eigenvalue weighted by molar-refractivity contribution is 0.0792. The molecule has 3 aromatic heterocycles. The van der Waals surface area contributed by atoms with Crippen LogP contribution in [0.15, 0.2) is 18.6 Å². The summed E-state index contributed by atoms with van der Waals surface area (Å²) in [5.74, 6) is 1.65. The molecule has 1 amide bonds. The molecular formula is C19H22ClN9O. The molecule has 3 aromatic rings. The number of aromatic amines is 1. The summed E-state index contributed by atoms with van der Waals surface area (Å²) in [7, 11) is 0.